The van der Waals surface area contributed by atoms with Crippen molar-refractivity contribution in [3.8, 4) is 6.01 Å². The van der Waals surface area contributed by atoms with E-state index in [-0.39, 0.29) is 12.0 Å². The van der Waals surface area contributed by atoms with Gasteiger partial charge in [0.15, 0.2) is 5.16 Å². The standard InChI is InChI=1S/C8H14N4OS/c1-5(2)4-14-8-11-6(9)10-7(12-8)13-3/h5H,4H2,1-3H3,(H2,9,10,11,12). The van der Waals surface area contributed by atoms with Gasteiger partial charge in [0.25, 0.3) is 0 Å². The summed E-state index contributed by atoms with van der Waals surface area (Å²) < 4.78 is 4.89. The van der Waals surface area contributed by atoms with E-state index in [4.69, 9.17) is 10.5 Å². The number of hydrogen-bond donors (Lipinski definition) is 1. The highest BCUT2D eigenvalue weighted by atomic mass is 32.2. The van der Waals surface area contributed by atoms with Crippen molar-refractivity contribution >= 4 is 17.7 Å². The molecule has 0 aliphatic rings. The number of nitrogen functional groups attached to an aromatic ring is 1. The van der Waals surface area contributed by atoms with E-state index in [1.54, 1.807) is 11.8 Å². The van der Waals surface area contributed by atoms with Gasteiger partial charge in [0.1, 0.15) is 0 Å². The third kappa shape index (κ3) is 3.37. The minimum Gasteiger partial charge on any atom is -0.467 e. The summed E-state index contributed by atoms with van der Waals surface area (Å²) >= 11 is 1.55. The molecule has 0 aromatic carbocycles. The Balaban J connectivity index is 2.71. The zero-order valence-corrected chi connectivity index (χ0v) is 9.34. The van der Waals surface area contributed by atoms with Crippen molar-refractivity contribution < 1.29 is 4.74 Å². The smallest absolute Gasteiger partial charge is 0.321 e. The van der Waals surface area contributed by atoms with E-state index in [0.717, 1.165) is 5.75 Å². The lowest BCUT2D eigenvalue weighted by Gasteiger charge is -2.04. The van der Waals surface area contributed by atoms with Gasteiger partial charge in [-0.3, -0.25) is 0 Å². The SMILES string of the molecule is COc1nc(N)nc(SCC(C)C)n1. The summed E-state index contributed by atoms with van der Waals surface area (Å²) in [6.07, 6.45) is 0. The van der Waals surface area contributed by atoms with Crippen LogP contribution >= 0.6 is 11.8 Å². The molecule has 0 saturated carbocycles. The first-order chi connectivity index (χ1) is 6.61. The van der Waals surface area contributed by atoms with Gasteiger partial charge in [-0.15, -0.1) is 0 Å². The average molecular weight is 214 g/mol. The van der Waals surface area contributed by atoms with Gasteiger partial charge < -0.3 is 10.5 Å². The van der Waals surface area contributed by atoms with E-state index >= 15 is 0 Å². The molecule has 0 amide bonds. The maximum Gasteiger partial charge on any atom is 0.321 e. The Morgan fingerprint density at radius 1 is 1.36 bits per heavy atom. The minimum atomic E-state index is 0.197. The monoisotopic (exact) mass is 214 g/mol. The fourth-order valence-corrected chi connectivity index (χ4v) is 1.53. The Hall–Kier alpha value is -1.04. The predicted octanol–water partition coefficient (Wildman–Crippen LogP) is 1.21. The van der Waals surface area contributed by atoms with E-state index in [9.17, 15) is 0 Å². The highest BCUT2D eigenvalue weighted by molar-refractivity contribution is 7.99. The largest absolute Gasteiger partial charge is 0.467 e. The molecule has 5 nitrogen and oxygen atoms in total. The third-order valence-electron chi connectivity index (χ3n) is 1.34. The summed E-state index contributed by atoms with van der Waals surface area (Å²) in [5, 5.41) is 0.614. The molecule has 1 aromatic heterocycles. The molecular formula is C8H14N4OS. The predicted molar refractivity (Wildman–Crippen MR) is 56.4 cm³/mol. The summed E-state index contributed by atoms with van der Waals surface area (Å²) in [7, 11) is 1.51. The van der Waals surface area contributed by atoms with Gasteiger partial charge in [-0.1, -0.05) is 25.6 Å². The van der Waals surface area contributed by atoms with E-state index in [0.29, 0.717) is 11.1 Å². The summed E-state index contributed by atoms with van der Waals surface area (Å²) in [4.78, 5) is 11.9. The van der Waals surface area contributed by atoms with Gasteiger partial charge in [-0.05, 0) is 5.92 Å². The number of rotatable bonds is 4. The number of methoxy groups -OCH3 is 1. The van der Waals surface area contributed by atoms with E-state index in [1.165, 1.54) is 7.11 Å². The van der Waals surface area contributed by atoms with E-state index < -0.39 is 0 Å². The Kier molecular flexibility index (Phi) is 3.94. The fraction of sp³-hybridized carbons (Fsp3) is 0.625. The topological polar surface area (TPSA) is 73.9 Å². The van der Waals surface area contributed by atoms with Crippen LogP contribution < -0.4 is 10.5 Å². The Labute approximate surface area is 87.5 Å². The molecule has 0 aliphatic carbocycles. The lowest BCUT2D eigenvalue weighted by molar-refractivity contribution is 0.374. The van der Waals surface area contributed by atoms with Crippen LogP contribution in [0.1, 0.15) is 13.8 Å². The van der Waals surface area contributed by atoms with Gasteiger partial charge >= 0.3 is 6.01 Å². The van der Waals surface area contributed by atoms with Crippen LogP contribution in [0.15, 0.2) is 5.16 Å². The molecule has 0 fully saturated rings. The first-order valence-electron chi connectivity index (χ1n) is 4.30. The summed E-state index contributed by atoms with van der Waals surface area (Å²) in [6.45, 7) is 4.27. The van der Waals surface area contributed by atoms with Crippen molar-refractivity contribution in [3.63, 3.8) is 0 Å². The van der Waals surface area contributed by atoms with Crippen LogP contribution in [0.4, 0.5) is 5.95 Å². The van der Waals surface area contributed by atoms with Gasteiger partial charge in [0.2, 0.25) is 5.95 Å². The number of nitrogens with two attached hydrogens (primary N) is 1. The van der Waals surface area contributed by atoms with Crippen molar-refractivity contribution in [2.45, 2.75) is 19.0 Å². The third-order valence-corrected chi connectivity index (χ3v) is 2.61. The van der Waals surface area contributed by atoms with Crippen LogP contribution in [0.2, 0.25) is 0 Å². The van der Waals surface area contributed by atoms with Crippen molar-refractivity contribution in [3.05, 3.63) is 0 Å². The number of ether oxygens (including phenoxy) is 1. The van der Waals surface area contributed by atoms with Gasteiger partial charge in [-0.25, -0.2) is 0 Å². The Morgan fingerprint density at radius 3 is 2.64 bits per heavy atom. The molecule has 0 aliphatic heterocycles. The maximum absolute atomic E-state index is 5.49. The number of aromatic nitrogens is 3. The first-order valence-corrected chi connectivity index (χ1v) is 5.28. The minimum absolute atomic E-state index is 0.197. The molecule has 78 valence electrons. The van der Waals surface area contributed by atoms with Crippen LogP contribution in [-0.4, -0.2) is 27.8 Å². The van der Waals surface area contributed by atoms with Crippen LogP contribution in [0.25, 0.3) is 0 Å². The van der Waals surface area contributed by atoms with Gasteiger partial charge in [0, 0.05) is 5.75 Å². The van der Waals surface area contributed by atoms with Crippen molar-refractivity contribution in [1.82, 2.24) is 15.0 Å². The number of nitrogens with zero attached hydrogens (tertiary/aromatic N) is 3. The Bertz CT molecular complexity index is 305. The second-order valence-corrected chi connectivity index (χ2v) is 4.15. The summed E-state index contributed by atoms with van der Waals surface area (Å²) in [5.74, 6) is 1.74. The van der Waals surface area contributed by atoms with E-state index in [2.05, 4.69) is 28.8 Å². The highest BCUT2D eigenvalue weighted by Crippen LogP contribution is 2.18. The van der Waals surface area contributed by atoms with Crippen LogP contribution in [-0.2, 0) is 0 Å². The first kappa shape index (κ1) is 11.0. The van der Waals surface area contributed by atoms with Gasteiger partial charge in [-0.2, -0.15) is 15.0 Å². The molecule has 0 saturated heterocycles. The van der Waals surface area contributed by atoms with Crippen molar-refractivity contribution in [2.24, 2.45) is 5.92 Å². The van der Waals surface area contributed by atoms with E-state index in [1.807, 2.05) is 0 Å². The molecule has 6 heteroatoms. The Morgan fingerprint density at radius 2 is 2.07 bits per heavy atom. The van der Waals surface area contributed by atoms with Crippen LogP contribution in [0, 0.1) is 5.92 Å². The number of anilines is 1. The molecule has 1 rings (SSSR count). The molecule has 0 spiro atoms. The molecule has 2 N–H and O–H groups in total. The normalized spacial score (nSPS) is 10.6. The molecule has 14 heavy (non-hydrogen) atoms. The van der Waals surface area contributed by atoms with Crippen LogP contribution in [0.5, 0.6) is 6.01 Å². The maximum atomic E-state index is 5.49. The zero-order valence-electron chi connectivity index (χ0n) is 8.52. The number of thioether (sulfide) groups is 1. The fourth-order valence-electron chi connectivity index (χ4n) is 0.750. The molecular weight excluding hydrogens is 200 g/mol. The second kappa shape index (κ2) is 4.99. The van der Waals surface area contributed by atoms with Crippen LogP contribution in [0.3, 0.4) is 0 Å². The number of hydrogen-bond acceptors (Lipinski definition) is 6. The molecule has 1 heterocycles. The average Bonchev–Trinajstić information content (AvgIpc) is 2.14. The molecule has 0 atom stereocenters. The second-order valence-electron chi connectivity index (χ2n) is 3.17. The molecule has 0 bridgehead atoms. The quantitative estimate of drug-likeness (QED) is 0.759. The lowest BCUT2D eigenvalue weighted by Crippen LogP contribution is -2.03. The lowest BCUT2D eigenvalue weighted by atomic mass is 10.3. The molecule has 0 unspecified atom stereocenters. The molecule has 0 radical (unpaired) electrons. The summed E-state index contributed by atoms with van der Waals surface area (Å²) in [6, 6.07) is 0.267. The molecule has 1 aromatic rings. The van der Waals surface area contributed by atoms with Crippen molar-refractivity contribution in [1.29, 1.82) is 0 Å². The van der Waals surface area contributed by atoms with Gasteiger partial charge in [0.05, 0.1) is 7.11 Å². The summed E-state index contributed by atoms with van der Waals surface area (Å²) in [5.41, 5.74) is 5.49. The highest BCUT2D eigenvalue weighted by Gasteiger charge is 2.05. The zero-order chi connectivity index (χ0) is 10.6. The van der Waals surface area contributed by atoms with Crippen molar-refractivity contribution in [2.75, 3.05) is 18.6 Å².